The Morgan fingerprint density at radius 3 is 2.30 bits per heavy atom. The normalized spacial score (nSPS) is 19.4. The molecule has 0 heterocycles. The van der Waals surface area contributed by atoms with Gasteiger partial charge in [0.25, 0.3) is 0 Å². The minimum Gasteiger partial charge on any atom is -0.391 e. The molecule has 1 aliphatic rings. The second-order valence-corrected chi connectivity index (χ2v) is 9.10. The Morgan fingerprint density at radius 2 is 1.70 bits per heavy atom. The Labute approximate surface area is 141 Å². The SMILES string of the molecule is CCCCCCC(O)C1(S(=O)(=O)c2ccccc2)CCCCC1. The van der Waals surface area contributed by atoms with Crippen molar-refractivity contribution in [3.8, 4) is 0 Å². The fourth-order valence-corrected chi connectivity index (χ4v) is 6.08. The van der Waals surface area contributed by atoms with Gasteiger partial charge in [-0.25, -0.2) is 8.42 Å². The van der Waals surface area contributed by atoms with E-state index in [1.165, 1.54) is 0 Å². The average Bonchev–Trinajstić information content (AvgIpc) is 2.59. The summed E-state index contributed by atoms with van der Waals surface area (Å²) in [6.45, 7) is 2.15. The molecule has 1 unspecified atom stereocenters. The quantitative estimate of drug-likeness (QED) is 0.710. The van der Waals surface area contributed by atoms with E-state index in [9.17, 15) is 13.5 Å². The molecular weight excluding hydrogens is 308 g/mol. The third-order valence-corrected chi connectivity index (χ3v) is 7.87. The van der Waals surface area contributed by atoms with Crippen LogP contribution in [0.25, 0.3) is 0 Å². The first-order chi connectivity index (χ1) is 11.0. The highest BCUT2D eigenvalue weighted by Gasteiger charge is 2.50. The number of hydrogen-bond acceptors (Lipinski definition) is 3. The van der Waals surface area contributed by atoms with Crippen molar-refractivity contribution in [3.63, 3.8) is 0 Å². The summed E-state index contributed by atoms with van der Waals surface area (Å²) in [6.07, 6.45) is 8.09. The summed E-state index contributed by atoms with van der Waals surface area (Å²) < 4.78 is 25.6. The molecule has 1 aromatic rings. The van der Waals surface area contributed by atoms with Crippen LogP contribution in [0.2, 0.25) is 0 Å². The van der Waals surface area contributed by atoms with Crippen molar-refractivity contribution in [1.82, 2.24) is 0 Å². The monoisotopic (exact) mass is 338 g/mol. The van der Waals surface area contributed by atoms with Crippen molar-refractivity contribution in [2.75, 3.05) is 0 Å². The van der Waals surface area contributed by atoms with E-state index in [-0.39, 0.29) is 0 Å². The maximum atomic E-state index is 13.3. The molecule has 0 spiro atoms. The fourth-order valence-electron chi connectivity index (χ4n) is 3.79. The van der Waals surface area contributed by atoms with Crippen molar-refractivity contribution >= 4 is 9.84 Å². The molecule has 1 atom stereocenters. The summed E-state index contributed by atoms with van der Waals surface area (Å²) in [5.74, 6) is 0. The zero-order chi connectivity index (χ0) is 16.8. The number of rotatable bonds is 8. The minimum atomic E-state index is -3.52. The summed E-state index contributed by atoms with van der Waals surface area (Å²) >= 11 is 0. The lowest BCUT2D eigenvalue weighted by Crippen LogP contribution is -2.50. The van der Waals surface area contributed by atoms with E-state index in [4.69, 9.17) is 0 Å². The number of sulfone groups is 1. The van der Waals surface area contributed by atoms with Crippen LogP contribution in [-0.2, 0) is 9.84 Å². The maximum Gasteiger partial charge on any atom is 0.186 e. The van der Waals surface area contributed by atoms with E-state index in [0.29, 0.717) is 24.2 Å². The van der Waals surface area contributed by atoms with Gasteiger partial charge >= 0.3 is 0 Å². The Kier molecular flexibility index (Phi) is 6.66. The largest absolute Gasteiger partial charge is 0.391 e. The van der Waals surface area contributed by atoms with E-state index in [2.05, 4.69) is 6.92 Å². The first-order valence-corrected chi connectivity index (χ1v) is 10.5. The molecule has 1 saturated carbocycles. The van der Waals surface area contributed by atoms with Gasteiger partial charge in [-0.2, -0.15) is 0 Å². The van der Waals surface area contributed by atoms with Crippen LogP contribution < -0.4 is 0 Å². The Bertz CT molecular complexity index is 560. The van der Waals surface area contributed by atoms with Crippen molar-refractivity contribution in [2.45, 2.75) is 86.9 Å². The molecule has 1 fully saturated rings. The van der Waals surface area contributed by atoms with E-state index in [1.54, 1.807) is 24.3 Å². The molecule has 0 saturated heterocycles. The van der Waals surface area contributed by atoms with Gasteiger partial charge in [-0.3, -0.25) is 0 Å². The van der Waals surface area contributed by atoms with E-state index in [0.717, 1.165) is 44.9 Å². The van der Waals surface area contributed by atoms with Gasteiger partial charge in [0.2, 0.25) is 0 Å². The Hall–Kier alpha value is -0.870. The van der Waals surface area contributed by atoms with Crippen molar-refractivity contribution in [2.24, 2.45) is 0 Å². The molecule has 2 rings (SSSR count). The van der Waals surface area contributed by atoms with Gasteiger partial charge in [0.15, 0.2) is 9.84 Å². The molecule has 0 bridgehead atoms. The maximum absolute atomic E-state index is 13.3. The van der Waals surface area contributed by atoms with Crippen LogP contribution in [0, 0.1) is 0 Å². The van der Waals surface area contributed by atoms with Crippen LogP contribution in [0.3, 0.4) is 0 Å². The van der Waals surface area contributed by atoms with E-state index >= 15 is 0 Å². The molecule has 0 aliphatic heterocycles. The van der Waals surface area contributed by atoms with Gasteiger partial charge in [-0.1, -0.05) is 70.1 Å². The van der Waals surface area contributed by atoms with Gasteiger partial charge in [-0.15, -0.1) is 0 Å². The minimum absolute atomic E-state index is 0.356. The molecule has 0 radical (unpaired) electrons. The highest BCUT2D eigenvalue weighted by Crippen LogP contribution is 2.42. The third-order valence-electron chi connectivity index (χ3n) is 5.23. The number of hydrogen-bond donors (Lipinski definition) is 1. The van der Waals surface area contributed by atoms with Crippen molar-refractivity contribution < 1.29 is 13.5 Å². The van der Waals surface area contributed by atoms with Crippen LogP contribution in [0.4, 0.5) is 0 Å². The van der Waals surface area contributed by atoms with Gasteiger partial charge in [0, 0.05) is 0 Å². The summed E-state index contributed by atoms with van der Waals surface area (Å²) in [4.78, 5) is 0.356. The van der Waals surface area contributed by atoms with Gasteiger partial charge < -0.3 is 5.11 Å². The molecule has 0 aromatic heterocycles. The van der Waals surface area contributed by atoms with Crippen molar-refractivity contribution in [3.05, 3.63) is 30.3 Å². The summed E-state index contributed by atoms with van der Waals surface area (Å²) in [5, 5.41) is 10.8. The predicted octanol–water partition coefficient (Wildman–Crippen LogP) is 4.49. The predicted molar refractivity (Wildman–Crippen MR) is 94.2 cm³/mol. The molecule has 1 N–H and O–H groups in total. The lowest BCUT2D eigenvalue weighted by molar-refractivity contribution is 0.0902. The summed E-state index contributed by atoms with van der Waals surface area (Å²) in [7, 11) is -3.52. The molecule has 1 aliphatic carbocycles. The second-order valence-electron chi connectivity index (χ2n) is 6.81. The number of aliphatic hydroxyl groups is 1. The van der Waals surface area contributed by atoms with Gasteiger partial charge in [-0.05, 0) is 31.4 Å². The topological polar surface area (TPSA) is 54.4 Å². The first kappa shape index (κ1) is 18.5. The molecule has 130 valence electrons. The number of benzene rings is 1. The summed E-state index contributed by atoms with van der Waals surface area (Å²) in [5.41, 5.74) is 0. The van der Waals surface area contributed by atoms with Crippen LogP contribution in [0.15, 0.2) is 35.2 Å². The highest BCUT2D eigenvalue weighted by atomic mass is 32.2. The third kappa shape index (κ3) is 3.97. The molecule has 23 heavy (non-hydrogen) atoms. The fraction of sp³-hybridized carbons (Fsp3) is 0.684. The number of unbranched alkanes of at least 4 members (excludes halogenated alkanes) is 3. The molecule has 4 heteroatoms. The van der Waals surface area contributed by atoms with E-state index < -0.39 is 20.7 Å². The summed E-state index contributed by atoms with van der Waals surface area (Å²) in [6, 6.07) is 8.67. The Morgan fingerprint density at radius 1 is 1.04 bits per heavy atom. The van der Waals surface area contributed by atoms with Gasteiger partial charge in [0.05, 0.1) is 11.0 Å². The van der Waals surface area contributed by atoms with E-state index in [1.807, 2.05) is 6.07 Å². The standard InChI is InChI=1S/C19H30O3S/c1-2-3-4-9-14-18(20)19(15-10-6-11-16-19)23(21,22)17-12-7-5-8-13-17/h5,7-8,12-13,18,20H,2-4,6,9-11,14-16H2,1H3. The lowest BCUT2D eigenvalue weighted by Gasteiger charge is -2.40. The second kappa shape index (κ2) is 8.29. The zero-order valence-corrected chi connectivity index (χ0v) is 15.0. The molecular formula is C19H30O3S. The van der Waals surface area contributed by atoms with Gasteiger partial charge in [0.1, 0.15) is 4.75 Å². The molecule has 3 nitrogen and oxygen atoms in total. The lowest BCUT2D eigenvalue weighted by atomic mass is 9.82. The first-order valence-electron chi connectivity index (χ1n) is 9.02. The van der Waals surface area contributed by atoms with Crippen LogP contribution in [-0.4, -0.2) is 24.4 Å². The smallest absolute Gasteiger partial charge is 0.186 e. The Balaban J connectivity index is 2.25. The van der Waals surface area contributed by atoms with Crippen molar-refractivity contribution in [1.29, 1.82) is 0 Å². The van der Waals surface area contributed by atoms with Crippen LogP contribution >= 0.6 is 0 Å². The van der Waals surface area contributed by atoms with Crippen LogP contribution in [0.5, 0.6) is 0 Å². The number of aliphatic hydroxyl groups excluding tert-OH is 1. The molecule has 0 amide bonds. The molecule has 1 aromatic carbocycles. The van der Waals surface area contributed by atoms with Crippen LogP contribution in [0.1, 0.15) is 71.1 Å². The highest BCUT2D eigenvalue weighted by molar-refractivity contribution is 7.93. The average molecular weight is 339 g/mol. The zero-order valence-electron chi connectivity index (χ0n) is 14.2.